The standard InChI is InChI=1S/C20H32N4O/c1-5-14(6-2)18(25)22-16-11-20(3,4)12-17-15(16)13-21-19(23-17)24-9-7-8-10-24/h13-14,16H,5-12H2,1-4H3,(H,22,25)/t16-/m0/s1. The fourth-order valence-electron chi connectivity index (χ4n) is 4.18. The summed E-state index contributed by atoms with van der Waals surface area (Å²) in [4.78, 5) is 24.4. The molecule has 1 N–H and O–H groups in total. The molecular weight excluding hydrogens is 312 g/mol. The van der Waals surface area contributed by atoms with Gasteiger partial charge in [-0.25, -0.2) is 9.97 Å². The molecule has 0 radical (unpaired) electrons. The molecule has 1 saturated heterocycles. The van der Waals surface area contributed by atoms with E-state index in [-0.39, 0.29) is 23.3 Å². The lowest BCUT2D eigenvalue weighted by atomic mass is 9.74. The lowest BCUT2D eigenvalue weighted by molar-refractivity contribution is -0.126. The van der Waals surface area contributed by atoms with E-state index in [0.717, 1.165) is 56.0 Å². The van der Waals surface area contributed by atoms with Crippen LogP contribution in [-0.4, -0.2) is 29.0 Å². The smallest absolute Gasteiger partial charge is 0.225 e. The number of hydrogen-bond acceptors (Lipinski definition) is 4. The number of fused-ring (bicyclic) bond motifs is 1. The largest absolute Gasteiger partial charge is 0.349 e. The van der Waals surface area contributed by atoms with E-state index in [1.54, 1.807) is 0 Å². The van der Waals surface area contributed by atoms with E-state index in [1.807, 2.05) is 6.20 Å². The maximum Gasteiger partial charge on any atom is 0.225 e. The molecule has 138 valence electrons. The van der Waals surface area contributed by atoms with Crippen molar-refractivity contribution in [2.24, 2.45) is 11.3 Å². The van der Waals surface area contributed by atoms with Crippen molar-refractivity contribution in [2.75, 3.05) is 18.0 Å². The second-order valence-electron chi connectivity index (χ2n) is 8.39. The summed E-state index contributed by atoms with van der Waals surface area (Å²) < 4.78 is 0. The first-order chi connectivity index (χ1) is 11.9. The number of hydrogen-bond donors (Lipinski definition) is 1. The zero-order valence-electron chi connectivity index (χ0n) is 16.1. The van der Waals surface area contributed by atoms with Crippen LogP contribution >= 0.6 is 0 Å². The van der Waals surface area contributed by atoms with Crippen LogP contribution in [0.2, 0.25) is 0 Å². The molecule has 0 unspecified atom stereocenters. The number of nitrogens with zero attached hydrogens (tertiary/aromatic N) is 3. The van der Waals surface area contributed by atoms with Crippen molar-refractivity contribution in [3.05, 3.63) is 17.5 Å². The van der Waals surface area contributed by atoms with Gasteiger partial charge in [-0.1, -0.05) is 27.7 Å². The highest BCUT2D eigenvalue weighted by atomic mass is 16.1. The third-order valence-corrected chi connectivity index (χ3v) is 5.73. The maximum atomic E-state index is 12.6. The molecular formula is C20H32N4O. The topological polar surface area (TPSA) is 58.1 Å². The van der Waals surface area contributed by atoms with E-state index >= 15 is 0 Å². The Morgan fingerprint density at radius 3 is 2.64 bits per heavy atom. The highest BCUT2D eigenvalue weighted by Crippen LogP contribution is 2.40. The van der Waals surface area contributed by atoms with Crippen LogP contribution in [0.1, 0.15) is 77.1 Å². The molecule has 1 fully saturated rings. The number of rotatable bonds is 5. The summed E-state index contributed by atoms with van der Waals surface area (Å²) in [6.45, 7) is 10.8. The Labute approximate surface area is 151 Å². The molecule has 1 aromatic rings. The molecule has 1 atom stereocenters. The minimum absolute atomic E-state index is 0.0273. The third-order valence-electron chi connectivity index (χ3n) is 5.73. The molecule has 0 bridgehead atoms. The molecule has 1 aromatic heterocycles. The number of carbonyl (C=O) groups is 1. The summed E-state index contributed by atoms with van der Waals surface area (Å²) in [5.41, 5.74) is 2.36. The average Bonchev–Trinajstić information content (AvgIpc) is 3.08. The van der Waals surface area contributed by atoms with E-state index in [1.165, 1.54) is 12.8 Å². The molecule has 5 nitrogen and oxygen atoms in total. The summed E-state index contributed by atoms with van der Waals surface area (Å²) in [6, 6.07) is 0.0273. The molecule has 0 saturated carbocycles. The molecule has 2 heterocycles. The Kier molecular flexibility index (Phi) is 5.30. The van der Waals surface area contributed by atoms with Gasteiger partial charge in [-0.3, -0.25) is 4.79 Å². The molecule has 5 heteroatoms. The fourth-order valence-corrected chi connectivity index (χ4v) is 4.18. The van der Waals surface area contributed by atoms with Crippen LogP contribution in [-0.2, 0) is 11.2 Å². The summed E-state index contributed by atoms with van der Waals surface area (Å²) in [5, 5.41) is 3.29. The molecule has 25 heavy (non-hydrogen) atoms. The number of anilines is 1. The predicted octanol–water partition coefficient (Wildman–Crippen LogP) is 3.64. The van der Waals surface area contributed by atoms with Crippen molar-refractivity contribution < 1.29 is 4.79 Å². The van der Waals surface area contributed by atoms with Crippen LogP contribution in [0, 0.1) is 11.3 Å². The number of carbonyl (C=O) groups excluding carboxylic acids is 1. The molecule has 1 aliphatic heterocycles. The normalized spacial score (nSPS) is 22.1. The van der Waals surface area contributed by atoms with E-state index in [0.29, 0.717) is 0 Å². The molecule has 1 amide bonds. The van der Waals surface area contributed by atoms with Gasteiger partial charge in [0.15, 0.2) is 0 Å². The zero-order valence-corrected chi connectivity index (χ0v) is 16.1. The van der Waals surface area contributed by atoms with Crippen molar-refractivity contribution >= 4 is 11.9 Å². The quantitative estimate of drug-likeness (QED) is 0.886. The van der Waals surface area contributed by atoms with Crippen LogP contribution in [0.25, 0.3) is 0 Å². The monoisotopic (exact) mass is 344 g/mol. The van der Waals surface area contributed by atoms with Gasteiger partial charge in [-0.2, -0.15) is 0 Å². The maximum absolute atomic E-state index is 12.6. The number of nitrogens with one attached hydrogen (secondary N) is 1. The molecule has 3 rings (SSSR count). The van der Waals surface area contributed by atoms with Crippen LogP contribution in [0.15, 0.2) is 6.20 Å². The van der Waals surface area contributed by atoms with Crippen molar-refractivity contribution in [2.45, 2.75) is 72.3 Å². The first-order valence-electron chi connectivity index (χ1n) is 9.84. The van der Waals surface area contributed by atoms with Crippen LogP contribution in [0.4, 0.5) is 5.95 Å². The Morgan fingerprint density at radius 1 is 1.32 bits per heavy atom. The third kappa shape index (κ3) is 3.96. The van der Waals surface area contributed by atoms with Crippen molar-refractivity contribution in [3.63, 3.8) is 0 Å². The lowest BCUT2D eigenvalue weighted by Crippen LogP contribution is -2.39. The van der Waals surface area contributed by atoms with Crippen LogP contribution in [0.3, 0.4) is 0 Å². The second kappa shape index (κ2) is 7.30. The molecule has 1 aliphatic carbocycles. The highest BCUT2D eigenvalue weighted by Gasteiger charge is 2.35. The SMILES string of the molecule is CCC(CC)C(=O)N[C@H]1CC(C)(C)Cc2nc(N3CCCC3)ncc21. The molecule has 0 spiro atoms. The van der Waals surface area contributed by atoms with Gasteiger partial charge in [-0.15, -0.1) is 0 Å². The Morgan fingerprint density at radius 2 is 2.00 bits per heavy atom. The summed E-state index contributed by atoms with van der Waals surface area (Å²) >= 11 is 0. The van der Waals surface area contributed by atoms with Gasteiger partial charge < -0.3 is 10.2 Å². The van der Waals surface area contributed by atoms with Crippen LogP contribution < -0.4 is 10.2 Å². The fraction of sp³-hybridized carbons (Fsp3) is 0.750. The van der Waals surface area contributed by atoms with Gasteiger partial charge >= 0.3 is 0 Å². The van der Waals surface area contributed by atoms with Crippen molar-refractivity contribution in [3.8, 4) is 0 Å². The first kappa shape index (κ1) is 18.2. The molecule has 2 aliphatic rings. The minimum Gasteiger partial charge on any atom is -0.349 e. The van der Waals surface area contributed by atoms with E-state index in [4.69, 9.17) is 4.98 Å². The van der Waals surface area contributed by atoms with Crippen molar-refractivity contribution in [1.29, 1.82) is 0 Å². The Hall–Kier alpha value is -1.65. The van der Waals surface area contributed by atoms with Gasteiger partial charge in [0, 0.05) is 30.8 Å². The summed E-state index contributed by atoms with van der Waals surface area (Å²) in [6.07, 6.45) is 8.07. The van der Waals surface area contributed by atoms with Crippen molar-refractivity contribution in [1.82, 2.24) is 15.3 Å². The van der Waals surface area contributed by atoms with E-state index in [2.05, 4.69) is 42.9 Å². The van der Waals surface area contributed by atoms with Gasteiger partial charge in [0.1, 0.15) is 0 Å². The first-order valence-corrected chi connectivity index (χ1v) is 9.84. The Balaban J connectivity index is 1.85. The van der Waals surface area contributed by atoms with Crippen LogP contribution in [0.5, 0.6) is 0 Å². The minimum atomic E-state index is 0.0273. The van der Waals surface area contributed by atoms with E-state index < -0.39 is 0 Å². The van der Waals surface area contributed by atoms with Gasteiger partial charge in [0.25, 0.3) is 0 Å². The Bertz CT molecular complexity index is 618. The average molecular weight is 345 g/mol. The highest BCUT2D eigenvalue weighted by molar-refractivity contribution is 5.79. The lowest BCUT2D eigenvalue weighted by Gasteiger charge is -2.37. The second-order valence-corrected chi connectivity index (χ2v) is 8.39. The van der Waals surface area contributed by atoms with Gasteiger partial charge in [0.05, 0.1) is 11.7 Å². The predicted molar refractivity (Wildman–Crippen MR) is 101 cm³/mol. The van der Waals surface area contributed by atoms with Gasteiger partial charge in [0.2, 0.25) is 11.9 Å². The van der Waals surface area contributed by atoms with E-state index in [9.17, 15) is 4.79 Å². The van der Waals surface area contributed by atoms with Gasteiger partial charge in [-0.05, 0) is 43.9 Å². The zero-order chi connectivity index (χ0) is 18.0. The molecule has 0 aromatic carbocycles. The summed E-state index contributed by atoms with van der Waals surface area (Å²) in [7, 11) is 0. The number of amides is 1. The summed E-state index contributed by atoms with van der Waals surface area (Å²) in [5.74, 6) is 1.12. The number of aromatic nitrogens is 2.